The molecule has 8 heteroatoms. The van der Waals surface area contributed by atoms with Crippen LogP contribution in [-0.2, 0) is 0 Å². The quantitative estimate of drug-likeness (QED) is 0.706. The lowest BCUT2D eigenvalue weighted by molar-refractivity contribution is -0.135. The fourth-order valence-electron chi connectivity index (χ4n) is 1.54. The monoisotopic (exact) mass is 345 g/mol. The Morgan fingerprint density at radius 2 is 1.86 bits per heavy atom. The lowest BCUT2D eigenvalue weighted by atomic mass is 10.3. The molecular formula is C13H16Cl2F3NO2. The summed E-state index contributed by atoms with van der Waals surface area (Å²) in [6, 6.07) is 4.87. The third-order valence-corrected chi connectivity index (χ3v) is 3.13. The third-order valence-electron chi connectivity index (χ3n) is 2.53. The highest BCUT2D eigenvalue weighted by Gasteiger charge is 2.25. The van der Waals surface area contributed by atoms with Crippen molar-refractivity contribution in [2.45, 2.75) is 25.1 Å². The van der Waals surface area contributed by atoms with Gasteiger partial charge in [0.1, 0.15) is 12.7 Å². The van der Waals surface area contributed by atoms with Gasteiger partial charge in [-0.3, -0.25) is 0 Å². The van der Waals surface area contributed by atoms with Crippen molar-refractivity contribution in [1.82, 2.24) is 5.32 Å². The molecule has 0 fully saturated rings. The minimum Gasteiger partial charge on any atom is -0.488 e. The van der Waals surface area contributed by atoms with Gasteiger partial charge in [0.05, 0.1) is 10.0 Å². The second-order valence-electron chi connectivity index (χ2n) is 4.44. The van der Waals surface area contributed by atoms with Gasteiger partial charge < -0.3 is 15.2 Å². The predicted molar refractivity (Wildman–Crippen MR) is 76.1 cm³/mol. The molecule has 0 spiro atoms. The number of nitrogens with one attached hydrogen (secondary N) is 1. The summed E-state index contributed by atoms with van der Waals surface area (Å²) < 4.78 is 41.0. The minimum atomic E-state index is -4.15. The molecule has 0 radical (unpaired) electrons. The Morgan fingerprint density at radius 1 is 1.24 bits per heavy atom. The molecule has 2 N–H and O–H groups in total. The van der Waals surface area contributed by atoms with Gasteiger partial charge in [-0.05, 0) is 25.1 Å². The highest BCUT2D eigenvalue weighted by Crippen LogP contribution is 2.32. The fourth-order valence-corrected chi connectivity index (χ4v) is 2.05. The maximum Gasteiger partial charge on any atom is 0.389 e. The summed E-state index contributed by atoms with van der Waals surface area (Å²) >= 11 is 11.8. The molecule has 21 heavy (non-hydrogen) atoms. The number of hydrogen-bond donors (Lipinski definition) is 2. The first-order chi connectivity index (χ1) is 9.79. The summed E-state index contributed by atoms with van der Waals surface area (Å²) in [4.78, 5) is 0. The number of aliphatic hydroxyl groups is 1. The summed E-state index contributed by atoms with van der Waals surface area (Å²) in [6.07, 6.45) is -5.90. The largest absolute Gasteiger partial charge is 0.488 e. The van der Waals surface area contributed by atoms with Crippen LogP contribution in [0.15, 0.2) is 18.2 Å². The number of rotatable bonds is 8. The Morgan fingerprint density at radius 3 is 2.43 bits per heavy atom. The maximum absolute atomic E-state index is 11.9. The lowest BCUT2D eigenvalue weighted by Crippen LogP contribution is -2.32. The first-order valence-corrected chi connectivity index (χ1v) is 7.07. The van der Waals surface area contributed by atoms with Crippen LogP contribution in [0, 0.1) is 0 Å². The SMILES string of the molecule is OC(CNCCCC(F)(F)F)COc1c(Cl)cccc1Cl. The average molecular weight is 346 g/mol. The molecule has 0 aliphatic carbocycles. The van der Waals surface area contributed by atoms with Crippen molar-refractivity contribution >= 4 is 23.2 Å². The summed E-state index contributed by atoms with van der Waals surface area (Å²) in [5.41, 5.74) is 0. The van der Waals surface area contributed by atoms with E-state index in [1.807, 2.05) is 0 Å². The van der Waals surface area contributed by atoms with Crippen LogP contribution in [-0.4, -0.2) is 37.1 Å². The van der Waals surface area contributed by atoms with E-state index < -0.39 is 18.7 Å². The van der Waals surface area contributed by atoms with Crippen molar-refractivity contribution in [2.75, 3.05) is 19.7 Å². The zero-order valence-corrected chi connectivity index (χ0v) is 12.6. The van der Waals surface area contributed by atoms with Gasteiger partial charge in [0.15, 0.2) is 5.75 Å². The summed E-state index contributed by atoms with van der Waals surface area (Å²) in [7, 11) is 0. The zero-order valence-electron chi connectivity index (χ0n) is 11.1. The van der Waals surface area contributed by atoms with E-state index in [1.54, 1.807) is 18.2 Å². The van der Waals surface area contributed by atoms with E-state index in [-0.39, 0.29) is 31.9 Å². The van der Waals surface area contributed by atoms with Gasteiger partial charge in [0.2, 0.25) is 0 Å². The molecule has 0 aliphatic heterocycles. The average Bonchev–Trinajstić information content (AvgIpc) is 2.36. The Balaban J connectivity index is 2.21. The van der Waals surface area contributed by atoms with Crippen molar-refractivity contribution in [3.63, 3.8) is 0 Å². The molecule has 1 aromatic rings. The molecule has 0 aliphatic rings. The molecular weight excluding hydrogens is 330 g/mol. The van der Waals surface area contributed by atoms with Gasteiger partial charge >= 0.3 is 6.18 Å². The lowest BCUT2D eigenvalue weighted by Gasteiger charge is -2.15. The Hall–Kier alpha value is -0.690. The molecule has 0 amide bonds. The van der Waals surface area contributed by atoms with Crippen molar-refractivity contribution in [2.24, 2.45) is 0 Å². The van der Waals surface area contributed by atoms with Gasteiger partial charge in [-0.1, -0.05) is 29.3 Å². The molecule has 120 valence electrons. The summed E-state index contributed by atoms with van der Waals surface area (Å²) in [6.45, 7) is 0.235. The smallest absolute Gasteiger partial charge is 0.389 e. The molecule has 0 aromatic heterocycles. The van der Waals surface area contributed by atoms with E-state index in [9.17, 15) is 18.3 Å². The van der Waals surface area contributed by atoms with Crippen molar-refractivity contribution in [3.8, 4) is 5.75 Å². The van der Waals surface area contributed by atoms with Gasteiger partial charge in [0.25, 0.3) is 0 Å². The molecule has 1 rings (SSSR count). The molecule has 0 saturated carbocycles. The van der Waals surface area contributed by atoms with E-state index in [4.69, 9.17) is 27.9 Å². The van der Waals surface area contributed by atoms with Gasteiger partial charge in [-0.2, -0.15) is 13.2 Å². The number of halogens is 5. The second kappa shape index (κ2) is 8.68. The summed E-state index contributed by atoms with van der Waals surface area (Å²) in [5, 5.41) is 13.0. The summed E-state index contributed by atoms with van der Waals surface area (Å²) in [5.74, 6) is 0.275. The van der Waals surface area contributed by atoms with Crippen molar-refractivity contribution in [1.29, 1.82) is 0 Å². The van der Waals surface area contributed by atoms with Gasteiger partial charge in [-0.15, -0.1) is 0 Å². The van der Waals surface area contributed by atoms with Crippen molar-refractivity contribution < 1.29 is 23.0 Å². The number of para-hydroxylation sites is 1. The molecule has 1 unspecified atom stereocenters. The number of alkyl halides is 3. The third kappa shape index (κ3) is 7.76. The van der Waals surface area contributed by atoms with Crippen LogP contribution in [0.5, 0.6) is 5.75 Å². The molecule has 0 bridgehead atoms. The van der Waals surface area contributed by atoms with E-state index in [0.717, 1.165) is 0 Å². The predicted octanol–water partition coefficient (Wildman–Crippen LogP) is 3.67. The number of benzene rings is 1. The van der Waals surface area contributed by atoms with E-state index in [1.165, 1.54) is 0 Å². The van der Waals surface area contributed by atoms with E-state index in [0.29, 0.717) is 10.0 Å². The standard InChI is InChI=1S/C13H16Cl2F3NO2/c14-10-3-1-4-11(15)12(10)21-8-9(20)7-19-6-2-5-13(16,17)18/h1,3-4,9,19-20H,2,5-8H2. The van der Waals surface area contributed by atoms with Gasteiger partial charge in [0, 0.05) is 13.0 Å². The maximum atomic E-state index is 11.9. The highest BCUT2D eigenvalue weighted by atomic mass is 35.5. The van der Waals surface area contributed by atoms with Crippen LogP contribution in [0.4, 0.5) is 13.2 Å². The van der Waals surface area contributed by atoms with Crippen LogP contribution in [0.1, 0.15) is 12.8 Å². The van der Waals surface area contributed by atoms with Crippen LogP contribution < -0.4 is 10.1 Å². The molecule has 3 nitrogen and oxygen atoms in total. The highest BCUT2D eigenvalue weighted by molar-refractivity contribution is 6.37. The molecule has 0 saturated heterocycles. The topological polar surface area (TPSA) is 41.5 Å². The molecule has 1 aromatic carbocycles. The normalized spacial score (nSPS) is 13.2. The van der Waals surface area contributed by atoms with Crippen LogP contribution in [0.3, 0.4) is 0 Å². The number of ether oxygens (including phenoxy) is 1. The number of hydrogen-bond acceptors (Lipinski definition) is 3. The van der Waals surface area contributed by atoms with Gasteiger partial charge in [-0.25, -0.2) is 0 Å². The van der Waals surface area contributed by atoms with Crippen LogP contribution in [0.2, 0.25) is 10.0 Å². The molecule has 0 heterocycles. The van der Waals surface area contributed by atoms with Crippen LogP contribution in [0.25, 0.3) is 0 Å². The van der Waals surface area contributed by atoms with E-state index >= 15 is 0 Å². The first-order valence-electron chi connectivity index (χ1n) is 6.32. The fraction of sp³-hybridized carbons (Fsp3) is 0.538. The molecule has 1 atom stereocenters. The first kappa shape index (κ1) is 18.4. The Labute approximate surface area is 131 Å². The van der Waals surface area contributed by atoms with E-state index in [2.05, 4.69) is 5.32 Å². The zero-order chi connectivity index (χ0) is 15.9. The minimum absolute atomic E-state index is 0.0343. The van der Waals surface area contributed by atoms with Crippen molar-refractivity contribution in [3.05, 3.63) is 28.2 Å². The second-order valence-corrected chi connectivity index (χ2v) is 5.25. The van der Waals surface area contributed by atoms with Crippen LogP contribution >= 0.6 is 23.2 Å². The Kier molecular flexibility index (Phi) is 7.59. The Bertz CT molecular complexity index is 424. The number of aliphatic hydroxyl groups excluding tert-OH is 1.